The number of rotatable bonds is 5. The molecule has 0 bridgehead atoms. The van der Waals surface area contributed by atoms with Gasteiger partial charge in [0.2, 0.25) is 0 Å². The van der Waals surface area contributed by atoms with Gasteiger partial charge in [-0.25, -0.2) is 9.97 Å². The van der Waals surface area contributed by atoms with Gasteiger partial charge in [-0.3, -0.25) is 4.79 Å². The number of nitrogens with zero attached hydrogens (tertiary/aromatic N) is 5. The normalized spacial score (nSPS) is 16.9. The number of ether oxygens (including phenoxy) is 2. The third-order valence-electron chi connectivity index (χ3n) is 6.75. The van der Waals surface area contributed by atoms with Crippen molar-refractivity contribution in [3.8, 4) is 11.3 Å². The number of amides is 1. The highest BCUT2D eigenvalue weighted by atomic mass is 16.5. The molecule has 1 unspecified atom stereocenters. The van der Waals surface area contributed by atoms with Crippen molar-refractivity contribution < 1.29 is 19.4 Å². The Morgan fingerprint density at radius 3 is 2.62 bits per heavy atom. The first-order chi connectivity index (χ1) is 18.1. The number of aromatic nitrogens is 5. The van der Waals surface area contributed by atoms with Gasteiger partial charge in [-0.05, 0) is 37.8 Å². The lowest BCUT2D eigenvalue weighted by molar-refractivity contribution is 0.0412. The predicted octanol–water partition coefficient (Wildman–Crippen LogP) is 2.90. The van der Waals surface area contributed by atoms with E-state index in [9.17, 15) is 4.79 Å². The fourth-order valence-electron chi connectivity index (χ4n) is 4.49. The quantitative estimate of drug-likeness (QED) is 0.375. The predicted molar refractivity (Wildman–Crippen MR) is 142 cm³/mol. The fourth-order valence-corrected chi connectivity index (χ4v) is 4.49. The van der Waals surface area contributed by atoms with Crippen LogP contribution in [-0.2, 0) is 9.47 Å². The molecule has 1 aliphatic heterocycles. The van der Waals surface area contributed by atoms with Crippen molar-refractivity contribution in [2.75, 3.05) is 46.8 Å². The molecule has 4 aromatic heterocycles. The largest absolute Gasteiger partial charge is 0.400 e. The summed E-state index contributed by atoms with van der Waals surface area (Å²) in [5.41, 5.74) is 3.55. The van der Waals surface area contributed by atoms with Crippen LogP contribution in [0.4, 0.5) is 5.82 Å². The molecule has 1 saturated carbocycles. The zero-order chi connectivity index (χ0) is 26.4. The molecule has 1 amide bonds. The van der Waals surface area contributed by atoms with Gasteiger partial charge in [0.25, 0.3) is 5.91 Å². The van der Waals surface area contributed by atoms with E-state index < -0.39 is 0 Å². The highest BCUT2D eigenvalue weighted by molar-refractivity contribution is 6.00. The zero-order valence-corrected chi connectivity index (χ0v) is 21.8. The first-order valence-electron chi connectivity index (χ1n) is 12.4. The molecule has 3 N–H and O–H groups in total. The molecular weight excluding hydrogens is 474 g/mol. The number of hydrogen-bond donors (Lipinski definition) is 3. The van der Waals surface area contributed by atoms with Crippen LogP contribution in [0.15, 0.2) is 36.8 Å². The van der Waals surface area contributed by atoms with Crippen LogP contribution < -0.4 is 10.6 Å². The van der Waals surface area contributed by atoms with E-state index in [0.29, 0.717) is 23.9 Å². The van der Waals surface area contributed by atoms with Crippen molar-refractivity contribution in [2.45, 2.75) is 37.8 Å². The topological polar surface area (TPSA) is 128 Å². The van der Waals surface area contributed by atoms with Crippen molar-refractivity contribution >= 4 is 28.4 Å². The summed E-state index contributed by atoms with van der Waals surface area (Å²) >= 11 is 0. The summed E-state index contributed by atoms with van der Waals surface area (Å²) in [6.45, 7) is 1.43. The maximum atomic E-state index is 12.3. The highest BCUT2D eigenvalue weighted by Crippen LogP contribution is 2.34. The monoisotopic (exact) mass is 509 g/mol. The van der Waals surface area contributed by atoms with E-state index in [1.807, 2.05) is 25.2 Å². The number of hydrogen-bond acceptors (Lipinski definition) is 8. The number of pyridine rings is 1. The van der Waals surface area contributed by atoms with Crippen molar-refractivity contribution in [3.63, 3.8) is 0 Å². The van der Waals surface area contributed by atoms with Crippen molar-refractivity contribution in [2.24, 2.45) is 0 Å². The lowest BCUT2D eigenvalue weighted by Gasteiger charge is -2.22. The Morgan fingerprint density at radius 1 is 1.22 bits per heavy atom. The van der Waals surface area contributed by atoms with Crippen molar-refractivity contribution in [1.29, 1.82) is 0 Å². The Kier molecular flexibility index (Phi) is 8.70. The molecule has 2 fully saturated rings. The molecule has 11 nitrogen and oxygen atoms in total. The van der Waals surface area contributed by atoms with Crippen LogP contribution in [0.25, 0.3) is 27.9 Å². The SMILES string of the molecule is CNC(=O)c1cnn2c(NC)cc(-c3cn(C4CCOC4)c4ncccc34)nc12.CO.COC1CCC1. The van der Waals surface area contributed by atoms with Crippen LogP contribution in [0.5, 0.6) is 0 Å². The standard InChI is InChI=1S/C20H21N7O2.C5H10O.CH4O/c1-21-17-8-16(25-19-14(20(28)22-2)9-24-27(17)19)15-10-26(12-5-7-29-11-12)18-13(15)4-3-6-23-18;1-6-5-3-2-4-5;1-2/h3-4,6,8-10,12,21H,5,7,11H2,1-2H3,(H,22,28);5H,2-4H2,1H3;2H,1H3. The number of methoxy groups -OCH3 is 1. The fraction of sp³-hybridized carbons (Fsp3) is 0.462. The molecule has 4 aromatic rings. The second-order valence-electron chi connectivity index (χ2n) is 8.78. The van der Waals surface area contributed by atoms with Crippen LogP contribution >= 0.6 is 0 Å². The van der Waals surface area contributed by atoms with E-state index >= 15 is 0 Å². The van der Waals surface area contributed by atoms with Gasteiger partial charge < -0.3 is 29.8 Å². The lowest BCUT2D eigenvalue weighted by Crippen LogP contribution is -2.18. The van der Waals surface area contributed by atoms with Crippen molar-refractivity contribution in [3.05, 3.63) is 42.4 Å². The minimum Gasteiger partial charge on any atom is -0.400 e. The molecule has 0 spiro atoms. The molecule has 11 heteroatoms. The molecule has 0 radical (unpaired) electrons. The van der Waals surface area contributed by atoms with Gasteiger partial charge in [0, 0.05) is 64.3 Å². The number of carbonyl (C=O) groups is 1. The van der Waals surface area contributed by atoms with Crippen molar-refractivity contribution in [1.82, 2.24) is 29.5 Å². The zero-order valence-electron chi connectivity index (χ0n) is 21.8. The van der Waals surface area contributed by atoms with E-state index in [1.165, 1.54) is 25.5 Å². The number of aliphatic hydroxyl groups is 1. The second-order valence-corrected chi connectivity index (χ2v) is 8.78. The molecule has 6 rings (SSSR count). The molecule has 1 atom stereocenters. The number of aliphatic hydroxyl groups excluding tert-OH is 1. The molecule has 5 heterocycles. The number of anilines is 1. The minimum absolute atomic E-state index is 0.223. The smallest absolute Gasteiger partial charge is 0.256 e. The third kappa shape index (κ3) is 5.29. The summed E-state index contributed by atoms with van der Waals surface area (Å²) < 4.78 is 14.4. The lowest BCUT2D eigenvalue weighted by atomic mass is 9.96. The second kappa shape index (κ2) is 12.1. The van der Waals surface area contributed by atoms with Crippen LogP contribution in [0.1, 0.15) is 42.1 Å². The Hall–Kier alpha value is -3.54. The van der Waals surface area contributed by atoms with E-state index in [-0.39, 0.29) is 11.9 Å². The molecular formula is C26H35N7O4. The Balaban J connectivity index is 0.000000348. The highest BCUT2D eigenvalue weighted by Gasteiger charge is 2.23. The Morgan fingerprint density at radius 2 is 2.03 bits per heavy atom. The van der Waals surface area contributed by atoms with Gasteiger partial charge in [0.1, 0.15) is 17.0 Å². The van der Waals surface area contributed by atoms with Gasteiger partial charge in [0.05, 0.1) is 30.6 Å². The summed E-state index contributed by atoms with van der Waals surface area (Å²) in [7, 11) is 6.20. The minimum atomic E-state index is -0.223. The number of carbonyl (C=O) groups excluding carboxylic acids is 1. The average molecular weight is 510 g/mol. The van der Waals surface area contributed by atoms with E-state index in [0.717, 1.165) is 48.2 Å². The van der Waals surface area contributed by atoms with Crippen LogP contribution in [0, 0.1) is 0 Å². The van der Waals surface area contributed by atoms with Gasteiger partial charge >= 0.3 is 0 Å². The summed E-state index contributed by atoms with van der Waals surface area (Å²) in [6.07, 6.45) is 10.9. The van der Waals surface area contributed by atoms with Gasteiger partial charge in [-0.15, -0.1) is 0 Å². The Bertz CT molecular complexity index is 1340. The summed E-state index contributed by atoms with van der Waals surface area (Å²) in [6, 6.07) is 6.16. The molecule has 2 aliphatic rings. The number of nitrogens with one attached hydrogen (secondary N) is 2. The summed E-state index contributed by atoms with van der Waals surface area (Å²) in [5.74, 6) is 0.521. The summed E-state index contributed by atoms with van der Waals surface area (Å²) in [5, 5.41) is 18.1. The third-order valence-corrected chi connectivity index (χ3v) is 6.75. The van der Waals surface area contributed by atoms with Gasteiger partial charge in [0.15, 0.2) is 5.65 Å². The molecule has 1 aliphatic carbocycles. The Labute approximate surface area is 215 Å². The first-order valence-corrected chi connectivity index (χ1v) is 12.4. The van der Waals surface area contributed by atoms with Crippen LogP contribution in [0.3, 0.4) is 0 Å². The van der Waals surface area contributed by atoms with Crippen LogP contribution in [0.2, 0.25) is 0 Å². The maximum absolute atomic E-state index is 12.3. The van der Waals surface area contributed by atoms with E-state index in [1.54, 1.807) is 24.9 Å². The van der Waals surface area contributed by atoms with E-state index in [2.05, 4.69) is 31.5 Å². The summed E-state index contributed by atoms with van der Waals surface area (Å²) in [4.78, 5) is 21.7. The van der Waals surface area contributed by atoms with Gasteiger partial charge in [-0.1, -0.05) is 0 Å². The number of fused-ring (bicyclic) bond motifs is 2. The maximum Gasteiger partial charge on any atom is 0.256 e. The molecule has 0 aromatic carbocycles. The van der Waals surface area contributed by atoms with Crippen LogP contribution in [-0.4, -0.2) is 82.8 Å². The van der Waals surface area contributed by atoms with Gasteiger partial charge in [-0.2, -0.15) is 9.61 Å². The van der Waals surface area contributed by atoms with E-state index in [4.69, 9.17) is 19.6 Å². The average Bonchev–Trinajstić information content (AvgIpc) is 3.67. The molecule has 198 valence electrons. The first kappa shape index (κ1) is 26.5. The molecule has 37 heavy (non-hydrogen) atoms. The molecule has 1 saturated heterocycles.